The van der Waals surface area contributed by atoms with Crippen molar-refractivity contribution in [2.45, 2.75) is 39.7 Å². The summed E-state index contributed by atoms with van der Waals surface area (Å²) in [4.78, 5) is 32.2. The summed E-state index contributed by atoms with van der Waals surface area (Å²) >= 11 is 0. The number of nitrogens with zero attached hydrogens (tertiary/aromatic N) is 4. The second kappa shape index (κ2) is 8.82. The Morgan fingerprint density at radius 2 is 2.00 bits per heavy atom. The van der Waals surface area contributed by atoms with Crippen molar-refractivity contribution in [3.8, 4) is 0 Å². The summed E-state index contributed by atoms with van der Waals surface area (Å²) in [6.45, 7) is 9.81. The molecule has 6 heteroatoms. The molecule has 0 aromatic carbocycles. The Hall–Kier alpha value is -1.69. The molecule has 6 nitrogen and oxygen atoms in total. The lowest BCUT2D eigenvalue weighted by molar-refractivity contribution is -0.132. The first kappa shape index (κ1) is 17.7. The largest absolute Gasteiger partial charge is 0.343 e. The van der Waals surface area contributed by atoms with Crippen molar-refractivity contribution in [3.05, 3.63) is 28.9 Å². The molecule has 1 aliphatic rings. The summed E-state index contributed by atoms with van der Waals surface area (Å²) in [5, 5.41) is 0. The van der Waals surface area contributed by atoms with E-state index < -0.39 is 0 Å². The zero-order valence-corrected chi connectivity index (χ0v) is 14.3. The molecular weight excluding hydrogens is 292 g/mol. The number of carbonyl (C=O) groups is 1. The van der Waals surface area contributed by atoms with Crippen LogP contribution in [0, 0.1) is 5.92 Å². The molecule has 1 saturated heterocycles. The summed E-state index contributed by atoms with van der Waals surface area (Å²) in [5.41, 5.74) is -0.106. The highest BCUT2D eigenvalue weighted by atomic mass is 16.2. The van der Waals surface area contributed by atoms with Gasteiger partial charge in [-0.05, 0) is 31.8 Å². The number of aromatic nitrogens is 2. The van der Waals surface area contributed by atoms with E-state index in [1.54, 1.807) is 0 Å². The van der Waals surface area contributed by atoms with Gasteiger partial charge in [0.2, 0.25) is 5.91 Å². The van der Waals surface area contributed by atoms with Gasteiger partial charge in [-0.25, -0.2) is 4.98 Å². The molecule has 23 heavy (non-hydrogen) atoms. The zero-order valence-electron chi connectivity index (χ0n) is 14.3. The molecule has 2 heterocycles. The molecule has 0 spiro atoms. The molecule has 1 amide bonds. The number of hydrogen-bond acceptors (Lipinski definition) is 4. The second-order valence-electron chi connectivity index (χ2n) is 6.17. The van der Waals surface area contributed by atoms with Crippen LogP contribution in [0.15, 0.2) is 23.4 Å². The van der Waals surface area contributed by atoms with Crippen molar-refractivity contribution in [3.63, 3.8) is 0 Å². The maximum atomic E-state index is 12.3. The Morgan fingerprint density at radius 1 is 1.30 bits per heavy atom. The number of aryl methyl sites for hydroxylation is 1. The molecule has 1 aliphatic heterocycles. The quantitative estimate of drug-likeness (QED) is 0.758. The molecule has 0 atom stereocenters. The SMILES string of the molecule is CCN(CC)CC1CCN(C(=O)CCn2cnccc2=O)CC1. The van der Waals surface area contributed by atoms with Crippen LogP contribution in [-0.4, -0.2) is 58.0 Å². The Kier molecular flexibility index (Phi) is 6.77. The molecule has 0 unspecified atom stereocenters. The molecule has 0 saturated carbocycles. The summed E-state index contributed by atoms with van der Waals surface area (Å²) in [6.07, 6.45) is 5.49. The van der Waals surface area contributed by atoms with Crippen LogP contribution in [-0.2, 0) is 11.3 Å². The minimum atomic E-state index is -0.106. The van der Waals surface area contributed by atoms with E-state index in [2.05, 4.69) is 23.7 Å². The van der Waals surface area contributed by atoms with Gasteiger partial charge in [-0.2, -0.15) is 0 Å². The van der Waals surface area contributed by atoms with Crippen LogP contribution < -0.4 is 5.56 Å². The van der Waals surface area contributed by atoms with E-state index in [0.717, 1.165) is 45.6 Å². The van der Waals surface area contributed by atoms with Crippen LogP contribution in [0.5, 0.6) is 0 Å². The Labute approximate surface area is 138 Å². The van der Waals surface area contributed by atoms with Gasteiger partial charge in [0, 0.05) is 44.9 Å². The normalized spacial score (nSPS) is 16.0. The third-order valence-corrected chi connectivity index (χ3v) is 4.74. The second-order valence-corrected chi connectivity index (χ2v) is 6.17. The van der Waals surface area contributed by atoms with Crippen molar-refractivity contribution in [1.82, 2.24) is 19.4 Å². The average Bonchev–Trinajstić information content (AvgIpc) is 2.59. The van der Waals surface area contributed by atoms with Crippen molar-refractivity contribution >= 4 is 5.91 Å². The van der Waals surface area contributed by atoms with Crippen LogP contribution in [0.1, 0.15) is 33.1 Å². The Balaban J connectivity index is 1.75. The molecule has 0 bridgehead atoms. The number of hydrogen-bond donors (Lipinski definition) is 0. The smallest absolute Gasteiger partial charge is 0.253 e. The van der Waals surface area contributed by atoms with Crippen LogP contribution in [0.2, 0.25) is 0 Å². The lowest BCUT2D eigenvalue weighted by atomic mass is 9.96. The number of carbonyl (C=O) groups excluding carboxylic acids is 1. The maximum absolute atomic E-state index is 12.3. The lowest BCUT2D eigenvalue weighted by Crippen LogP contribution is -2.42. The van der Waals surface area contributed by atoms with E-state index in [-0.39, 0.29) is 11.5 Å². The average molecular weight is 320 g/mol. The fraction of sp³-hybridized carbons (Fsp3) is 0.706. The third-order valence-electron chi connectivity index (χ3n) is 4.74. The maximum Gasteiger partial charge on any atom is 0.253 e. The van der Waals surface area contributed by atoms with Gasteiger partial charge in [0.1, 0.15) is 0 Å². The highest BCUT2D eigenvalue weighted by Gasteiger charge is 2.23. The lowest BCUT2D eigenvalue weighted by Gasteiger charge is -2.34. The zero-order chi connectivity index (χ0) is 16.7. The number of amides is 1. The van der Waals surface area contributed by atoms with Gasteiger partial charge in [-0.15, -0.1) is 0 Å². The van der Waals surface area contributed by atoms with Crippen molar-refractivity contribution in [2.75, 3.05) is 32.7 Å². The minimum absolute atomic E-state index is 0.106. The predicted octanol–water partition coefficient (Wildman–Crippen LogP) is 1.21. The van der Waals surface area contributed by atoms with E-state index in [9.17, 15) is 9.59 Å². The fourth-order valence-corrected chi connectivity index (χ4v) is 3.13. The van der Waals surface area contributed by atoms with Crippen LogP contribution >= 0.6 is 0 Å². The molecular formula is C17H28N4O2. The summed E-state index contributed by atoms with van der Waals surface area (Å²) < 4.78 is 1.49. The molecule has 1 aromatic rings. The van der Waals surface area contributed by atoms with E-state index in [0.29, 0.717) is 18.9 Å². The molecule has 0 aliphatic carbocycles. The highest BCUT2D eigenvalue weighted by molar-refractivity contribution is 5.76. The Morgan fingerprint density at radius 3 is 2.61 bits per heavy atom. The summed E-state index contributed by atoms with van der Waals surface area (Å²) in [5.74, 6) is 0.835. The summed E-state index contributed by atoms with van der Waals surface area (Å²) in [6, 6.07) is 1.42. The van der Waals surface area contributed by atoms with Gasteiger partial charge in [0.15, 0.2) is 0 Å². The van der Waals surface area contributed by atoms with Crippen LogP contribution in [0.3, 0.4) is 0 Å². The van der Waals surface area contributed by atoms with Gasteiger partial charge in [-0.3, -0.25) is 14.2 Å². The van der Waals surface area contributed by atoms with Crippen LogP contribution in [0.4, 0.5) is 0 Å². The highest BCUT2D eigenvalue weighted by Crippen LogP contribution is 2.19. The molecule has 1 aromatic heterocycles. The van der Waals surface area contributed by atoms with Crippen molar-refractivity contribution in [1.29, 1.82) is 0 Å². The first-order valence-electron chi connectivity index (χ1n) is 8.64. The van der Waals surface area contributed by atoms with Gasteiger partial charge >= 0.3 is 0 Å². The Bertz CT molecular complexity index is 546. The van der Waals surface area contributed by atoms with Gasteiger partial charge in [0.05, 0.1) is 6.33 Å². The van der Waals surface area contributed by atoms with E-state index >= 15 is 0 Å². The molecule has 0 N–H and O–H groups in total. The van der Waals surface area contributed by atoms with Crippen molar-refractivity contribution < 1.29 is 4.79 Å². The van der Waals surface area contributed by atoms with E-state index in [4.69, 9.17) is 0 Å². The van der Waals surface area contributed by atoms with E-state index in [1.165, 1.54) is 23.2 Å². The van der Waals surface area contributed by atoms with Gasteiger partial charge < -0.3 is 9.80 Å². The third kappa shape index (κ3) is 5.16. The first-order valence-corrected chi connectivity index (χ1v) is 8.64. The van der Waals surface area contributed by atoms with Crippen molar-refractivity contribution in [2.24, 2.45) is 5.92 Å². The molecule has 128 valence electrons. The molecule has 0 radical (unpaired) electrons. The van der Waals surface area contributed by atoms with Crippen LogP contribution in [0.25, 0.3) is 0 Å². The standard InChI is InChI=1S/C17H28N4O2/c1-3-19(4-2)13-15-6-10-20(11-7-15)17(23)8-12-21-14-18-9-5-16(21)22/h5,9,14-15H,3-4,6-8,10-13H2,1-2H3. The number of rotatable bonds is 7. The predicted molar refractivity (Wildman–Crippen MR) is 90.2 cm³/mol. The molecule has 1 fully saturated rings. The molecule has 2 rings (SSSR count). The van der Waals surface area contributed by atoms with Gasteiger partial charge in [0.25, 0.3) is 5.56 Å². The number of piperidine rings is 1. The fourth-order valence-electron chi connectivity index (χ4n) is 3.13. The summed E-state index contributed by atoms with van der Waals surface area (Å²) in [7, 11) is 0. The van der Waals surface area contributed by atoms with E-state index in [1.807, 2.05) is 4.90 Å². The topological polar surface area (TPSA) is 58.4 Å². The first-order chi connectivity index (χ1) is 11.1. The number of likely N-dealkylation sites (tertiary alicyclic amines) is 1. The monoisotopic (exact) mass is 320 g/mol. The minimum Gasteiger partial charge on any atom is -0.343 e. The van der Waals surface area contributed by atoms with Gasteiger partial charge in [-0.1, -0.05) is 13.8 Å².